The standard InChI is InChI=1S/C12H9ClF6N2O2/c1-21(4-11(14,15)16)5-20-9-7(12(17,18)19)3-2-6(8(9)13)10(22)23/h2-3,5H,4H2,1H3,(H,22,23)/b20-5+. The number of carbonyl (C=O) groups is 1. The first-order valence-electron chi connectivity index (χ1n) is 5.77. The summed E-state index contributed by atoms with van der Waals surface area (Å²) < 4.78 is 75.1. The summed E-state index contributed by atoms with van der Waals surface area (Å²) in [5, 5.41) is 8.02. The number of aliphatic imine (C=N–C) groups is 1. The van der Waals surface area contributed by atoms with Gasteiger partial charge in [0.25, 0.3) is 0 Å². The number of rotatable bonds is 4. The van der Waals surface area contributed by atoms with Crippen LogP contribution in [0.3, 0.4) is 0 Å². The molecule has 0 unspecified atom stereocenters. The molecular weight excluding hydrogens is 354 g/mol. The molecule has 0 bridgehead atoms. The molecule has 128 valence electrons. The van der Waals surface area contributed by atoms with Gasteiger partial charge in [0.2, 0.25) is 0 Å². The van der Waals surface area contributed by atoms with Crippen LogP contribution in [0.1, 0.15) is 15.9 Å². The highest BCUT2D eigenvalue weighted by Gasteiger charge is 2.36. The van der Waals surface area contributed by atoms with Crippen molar-refractivity contribution in [2.45, 2.75) is 12.4 Å². The second-order valence-corrected chi connectivity index (χ2v) is 4.78. The van der Waals surface area contributed by atoms with E-state index in [-0.39, 0.29) is 0 Å². The van der Waals surface area contributed by atoms with Gasteiger partial charge >= 0.3 is 18.3 Å². The maximum Gasteiger partial charge on any atom is 0.418 e. The number of hydrogen-bond donors (Lipinski definition) is 1. The molecule has 1 N–H and O–H groups in total. The second kappa shape index (κ2) is 6.65. The third-order valence-electron chi connectivity index (χ3n) is 2.46. The van der Waals surface area contributed by atoms with Crippen LogP contribution in [0.2, 0.25) is 5.02 Å². The summed E-state index contributed by atoms with van der Waals surface area (Å²) in [5.74, 6) is -1.59. The molecule has 0 fully saturated rings. The molecule has 0 atom stereocenters. The highest BCUT2D eigenvalue weighted by Crippen LogP contribution is 2.41. The van der Waals surface area contributed by atoms with E-state index in [9.17, 15) is 31.1 Å². The van der Waals surface area contributed by atoms with Gasteiger partial charge in [0.15, 0.2) is 0 Å². The van der Waals surface area contributed by atoms with Crippen molar-refractivity contribution >= 4 is 29.6 Å². The normalized spacial score (nSPS) is 12.7. The quantitative estimate of drug-likeness (QED) is 0.496. The molecule has 0 amide bonds. The fourth-order valence-electron chi connectivity index (χ4n) is 1.56. The van der Waals surface area contributed by atoms with E-state index in [0.717, 1.165) is 7.05 Å². The fraction of sp³-hybridized carbons (Fsp3) is 0.333. The Morgan fingerprint density at radius 3 is 2.30 bits per heavy atom. The molecule has 0 spiro atoms. The smallest absolute Gasteiger partial charge is 0.418 e. The van der Waals surface area contributed by atoms with Gasteiger partial charge in [-0.3, -0.25) is 0 Å². The van der Waals surface area contributed by atoms with Gasteiger partial charge in [0.05, 0.1) is 28.2 Å². The number of alkyl halides is 6. The molecule has 0 heterocycles. The number of benzene rings is 1. The van der Waals surface area contributed by atoms with Gasteiger partial charge in [-0.2, -0.15) is 26.3 Å². The fourth-order valence-corrected chi connectivity index (χ4v) is 1.86. The molecule has 0 saturated carbocycles. The Morgan fingerprint density at radius 1 is 1.30 bits per heavy atom. The van der Waals surface area contributed by atoms with Crippen molar-refractivity contribution in [3.05, 3.63) is 28.3 Å². The zero-order chi connectivity index (χ0) is 18.0. The van der Waals surface area contributed by atoms with Crippen LogP contribution < -0.4 is 0 Å². The number of carboxylic acids is 1. The van der Waals surface area contributed by atoms with Crippen LogP contribution >= 0.6 is 11.6 Å². The first kappa shape index (κ1) is 19.1. The summed E-state index contributed by atoms with van der Waals surface area (Å²) >= 11 is 5.60. The third kappa shape index (κ3) is 5.31. The molecule has 11 heteroatoms. The van der Waals surface area contributed by atoms with Crippen molar-refractivity contribution in [1.29, 1.82) is 0 Å². The molecule has 4 nitrogen and oxygen atoms in total. The van der Waals surface area contributed by atoms with Crippen molar-refractivity contribution < 1.29 is 36.2 Å². The molecule has 23 heavy (non-hydrogen) atoms. The van der Waals surface area contributed by atoms with Crippen molar-refractivity contribution in [3.63, 3.8) is 0 Å². The topological polar surface area (TPSA) is 52.9 Å². The number of carboxylic acid groups (broad SMARTS) is 1. The van der Waals surface area contributed by atoms with Gasteiger partial charge in [-0.05, 0) is 12.1 Å². The Balaban J connectivity index is 3.31. The molecule has 0 aromatic heterocycles. The van der Waals surface area contributed by atoms with Gasteiger partial charge in [-0.25, -0.2) is 9.79 Å². The van der Waals surface area contributed by atoms with E-state index in [2.05, 4.69) is 4.99 Å². The minimum atomic E-state index is -4.91. The van der Waals surface area contributed by atoms with Crippen molar-refractivity contribution in [2.75, 3.05) is 13.6 Å². The number of nitrogens with zero attached hydrogens (tertiary/aromatic N) is 2. The molecule has 0 aliphatic rings. The average molecular weight is 363 g/mol. The molecular formula is C12H9ClF6N2O2. The van der Waals surface area contributed by atoms with Crippen LogP contribution in [-0.4, -0.2) is 42.1 Å². The Kier molecular flexibility index (Phi) is 5.51. The predicted molar refractivity (Wildman–Crippen MR) is 70.3 cm³/mol. The molecule has 0 aliphatic carbocycles. The largest absolute Gasteiger partial charge is 0.478 e. The summed E-state index contributed by atoms with van der Waals surface area (Å²) in [6, 6.07) is 1.09. The van der Waals surface area contributed by atoms with Crippen molar-refractivity contribution in [2.24, 2.45) is 4.99 Å². The summed E-state index contributed by atoms with van der Waals surface area (Å²) in [7, 11) is 0.944. The lowest BCUT2D eigenvalue weighted by Crippen LogP contribution is -2.29. The average Bonchev–Trinajstić information content (AvgIpc) is 2.33. The SMILES string of the molecule is CN(/C=N/c1c(C(F)(F)F)ccc(C(=O)O)c1Cl)CC(F)(F)F. The molecule has 1 aromatic carbocycles. The Hall–Kier alpha value is -1.97. The monoisotopic (exact) mass is 362 g/mol. The molecule has 1 aromatic rings. The highest BCUT2D eigenvalue weighted by atomic mass is 35.5. The first-order valence-corrected chi connectivity index (χ1v) is 6.15. The van der Waals surface area contributed by atoms with E-state index in [0.29, 0.717) is 23.4 Å². The van der Waals surface area contributed by atoms with Gasteiger partial charge in [-0.1, -0.05) is 11.6 Å². The lowest BCUT2D eigenvalue weighted by Gasteiger charge is -2.16. The molecule has 0 radical (unpaired) electrons. The second-order valence-electron chi connectivity index (χ2n) is 4.40. The maximum atomic E-state index is 12.9. The van der Waals surface area contributed by atoms with E-state index in [1.807, 2.05) is 0 Å². The third-order valence-corrected chi connectivity index (χ3v) is 2.85. The van der Waals surface area contributed by atoms with E-state index in [1.165, 1.54) is 0 Å². The van der Waals surface area contributed by atoms with E-state index < -0.39 is 46.7 Å². The van der Waals surface area contributed by atoms with Gasteiger partial charge < -0.3 is 10.0 Å². The van der Waals surface area contributed by atoms with E-state index >= 15 is 0 Å². The van der Waals surface area contributed by atoms with E-state index in [1.54, 1.807) is 0 Å². The summed E-state index contributed by atoms with van der Waals surface area (Å²) in [5.41, 5.74) is -2.97. The maximum absolute atomic E-state index is 12.9. The van der Waals surface area contributed by atoms with Crippen LogP contribution in [0.5, 0.6) is 0 Å². The van der Waals surface area contributed by atoms with Crippen LogP contribution in [0.4, 0.5) is 32.0 Å². The minimum absolute atomic E-state index is 0.450. The lowest BCUT2D eigenvalue weighted by molar-refractivity contribution is -0.137. The van der Waals surface area contributed by atoms with Gasteiger partial charge in [0, 0.05) is 7.05 Å². The predicted octanol–water partition coefficient (Wildman–Crippen LogP) is 4.21. The molecule has 0 aliphatic heterocycles. The highest BCUT2D eigenvalue weighted by molar-refractivity contribution is 6.36. The van der Waals surface area contributed by atoms with Crippen molar-refractivity contribution in [3.8, 4) is 0 Å². The number of aromatic carboxylic acids is 1. The van der Waals surface area contributed by atoms with Crippen LogP contribution in [0.25, 0.3) is 0 Å². The Labute approximate surface area is 131 Å². The minimum Gasteiger partial charge on any atom is -0.478 e. The van der Waals surface area contributed by atoms with Crippen LogP contribution in [0, 0.1) is 0 Å². The van der Waals surface area contributed by atoms with Crippen LogP contribution in [-0.2, 0) is 6.18 Å². The van der Waals surface area contributed by atoms with E-state index in [4.69, 9.17) is 16.7 Å². The number of hydrogen-bond acceptors (Lipinski definition) is 2. The van der Waals surface area contributed by atoms with Crippen LogP contribution in [0.15, 0.2) is 17.1 Å². The molecule has 0 saturated heterocycles. The summed E-state index contributed by atoms with van der Waals surface area (Å²) in [4.78, 5) is 14.7. The number of halogens is 7. The van der Waals surface area contributed by atoms with Gasteiger partial charge in [0.1, 0.15) is 6.54 Å². The van der Waals surface area contributed by atoms with Crippen molar-refractivity contribution in [1.82, 2.24) is 4.90 Å². The Morgan fingerprint density at radius 2 is 1.87 bits per heavy atom. The first-order chi connectivity index (χ1) is 10.3. The summed E-state index contributed by atoms with van der Waals surface area (Å²) in [6.07, 6.45) is -8.99. The summed E-state index contributed by atoms with van der Waals surface area (Å²) in [6.45, 7) is -1.45. The Bertz CT molecular complexity index is 627. The zero-order valence-corrected chi connectivity index (χ0v) is 12.1. The zero-order valence-electron chi connectivity index (χ0n) is 11.3. The lowest BCUT2D eigenvalue weighted by atomic mass is 10.1. The van der Waals surface area contributed by atoms with Gasteiger partial charge in [-0.15, -0.1) is 0 Å². The molecule has 1 rings (SSSR count).